The summed E-state index contributed by atoms with van der Waals surface area (Å²) in [5.41, 5.74) is 2.17. The summed E-state index contributed by atoms with van der Waals surface area (Å²) in [5.74, 6) is -0.162. The number of rotatable bonds is 6. The van der Waals surface area contributed by atoms with Crippen molar-refractivity contribution in [2.24, 2.45) is 0 Å². The Morgan fingerprint density at radius 3 is 2.65 bits per heavy atom. The number of carbonyl (C=O) groups excluding carboxylic acids is 2. The summed E-state index contributed by atoms with van der Waals surface area (Å²) >= 11 is 0. The zero-order valence-electron chi connectivity index (χ0n) is 12.2. The van der Waals surface area contributed by atoms with Gasteiger partial charge in [-0.25, -0.2) is 0 Å². The number of aryl methyl sites for hydroxylation is 1. The number of imide groups is 1. The number of para-hydroxylation sites is 1. The van der Waals surface area contributed by atoms with Gasteiger partial charge in [0.1, 0.15) is 6.04 Å². The molecule has 1 aromatic carbocycles. The smallest absolute Gasteiger partial charge is 0.252 e. The molecule has 1 aromatic rings. The van der Waals surface area contributed by atoms with E-state index in [1.165, 1.54) is 10.5 Å². The first kappa shape index (κ1) is 14.6. The van der Waals surface area contributed by atoms with Crippen molar-refractivity contribution < 1.29 is 9.59 Å². The zero-order chi connectivity index (χ0) is 14.5. The predicted octanol–water partition coefficient (Wildman–Crippen LogP) is 2.59. The number of hydrogen-bond donors (Lipinski definition) is 1. The largest absolute Gasteiger partial charge is 0.373 e. The molecule has 0 bridgehead atoms. The van der Waals surface area contributed by atoms with Gasteiger partial charge in [0.15, 0.2) is 0 Å². The van der Waals surface area contributed by atoms with E-state index in [9.17, 15) is 9.59 Å². The summed E-state index contributed by atoms with van der Waals surface area (Å²) < 4.78 is 0. The molecule has 1 heterocycles. The number of anilines is 1. The van der Waals surface area contributed by atoms with Gasteiger partial charge in [0, 0.05) is 12.2 Å². The number of likely N-dealkylation sites (tertiary alicyclic amines) is 1. The monoisotopic (exact) mass is 274 g/mol. The van der Waals surface area contributed by atoms with Crippen LogP contribution in [0.2, 0.25) is 0 Å². The van der Waals surface area contributed by atoms with E-state index in [1.54, 1.807) is 0 Å². The highest BCUT2D eigenvalue weighted by Crippen LogP contribution is 2.22. The minimum absolute atomic E-state index is 0.0673. The van der Waals surface area contributed by atoms with E-state index in [0.717, 1.165) is 24.9 Å². The molecule has 0 spiro atoms. The van der Waals surface area contributed by atoms with Crippen LogP contribution in [0.25, 0.3) is 0 Å². The lowest BCUT2D eigenvalue weighted by molar-refractivity contribution is -0.138. The van der Waals surface area contributed by atoms with Gasteiger partial charge >= 0.3 is 0 Å². The van der Waals surface area contributed by atoms with Crippen molar-refractivity contribution in [1.29, 1.82) is 0 Å². The van der Waals surface area contributed by atoms with E-state index in [-0.39, 0.29) is 18.2 Å². The summed E-state index contributed by atoms with van der Waals surface area (Å²) in [5, 5.41) is 3.25. The minimum Gasteiger partial charge on any atom is -0.373 e. The fraction of sp³-hybridized carbons (Fsp3) is 0.500. The van der Waals surface area contributed by atoms with Crippen LogP contribution in [0.15, 0.2) is 24.3 Å². The van der Waals surface area contributed by atoms with Crippen molar-refractivity contribution in [3.8, 4) is 0 Å². The van der Waals surface area contributed by atoms with E-state index >= 15 is 0 Å². The summed E-state index contributed by atoms with van der Waals surface area (Å²) in [7, 11) is 0. The number of hydrogen-bond acceptors (Lipinski definition) is 3. The lowest BCUT2D eigenvalue weighted by Gasteiger charge is -2.17. The van der Waals surface area contributed by atoms with E-state index in [4.69, 9.17) is 0 Å². The summed E-state index contributed by atoms with van der Waals surface area (Å²) in [6.45, 7) is 4.62. The summed E-state index contributed by atoms with van der Waals surface area (Å²) in [6.07, 6.45) is 3.09. The third kappa shape index (κ3) is 3.00. The third-order valence-corrected chi connectivity index (χ3v) is 3.56. The fourth-order valence-corrected chi connectivity index (χ4v) is 2.59. The Morgan fingerprint density at radius 2 is 1.95 bits per heavy atom. The summed E-state index contributed by atoms with van der Waals surface area (Å²) in [4.78, 5) is 25.4. The van der Waals surface area contributed by atoms with Crippen LogP contribution in [0.5, 0.6) is 0 Å². The maximum Gasteiger partial charge on any atom is 0.252 e. The molecule has 0 saturated carbocycles. The van der Waals surface area contributed by atoms with E-state index in [0.29, 0.717) is 6.54 Å². The van der Waals surface area contributed by atoms with Crippen molar-refractivity contribution in [2.45, 2.75) is 45.6 Å². The second kappa shape index (κ2) is 6.55. The summed E-state index contributed by atoms with van der Waals surface area (Å²) in [6, 6.07) is 7.59. The first-order valence-electron chi connectivity index (χ1n) is 7.36. The lowest BCUT2D eigenvalue weighted by Crippen LogP contribution is -2.35. The standard InChI is InChI=1S/C16H22N2O2/c1-3-7-12-8-5-6-9-13(12)17-14-11-15(19)18(10-4-2)16(14)20/h5-6,8-9,14,17H,3-4,7,10-11H2,1-2H3. The number of amides is 2. The predicted molar refractivity (Wildman–Crippen MR) is 79.5 cm³/mol. The van der Waals surface area contributed by atoms with Crippen LogP contribution in [-0.2, 0) is 16.0 Å². The van der Waals surface area contributed by atoms with Gasteiger partial charge in [-0.15, -0.1) is 0 Å². The van der Waals surface area contributed by atoms with Crippen molar-refractivity contribution in [3.63, 3.8) is 0 Å². The fourth-order valence-electron chi connectivity index (χ4n) is 2.59. The van der Waals surface area contributed by atoms with Gasteiger partial charge in [-0.1, -0.05) is 38.5 Å². The van der Waals surface area contributed by atoms with Gasteiger partial charge in [-0.2, -0.15) is 0 Å². The molecule has 20 heavy (non-hydrogen) atoms. The average molecular weight is 274 g/mol. The van der Waals surface area contributed by atoms with Crippen LogP contribution in [0.1, 0.15) is 38.7 Å². The second-order valence-corrected chi connectivity index (χ2v) is 5.19. The topological polar surface area (TPSA) is 49.4 Å². The highest BCUT2D eigenvalue weighted by Gasteiger charge is 2.37. The molecule has 0 aromatic heterocycles. The molecule has 4 nitrogen and oxygen atoms in total. The number of carbonyl (C=O) groups is 2. The van der Waals surface area contributed by atoms with Crippen molar-refractivity contribution in [2.75, 3.05) is 11.9 Å². The molecule has 0 radical (unpaired) electrons. The molecule has 1 aliphatic rings. The van der Waals surface area contributed by atoms with Crippen LogP contribution in [0, 0.1) is 0 Å². The number of benzene rings is 1. The van der Waals surface area contributed by atoms with Gasteiger partial charge in [0.25, 0.3) is 5.91 Å². The molecule has 1 aliphatic heterocycles. The molecular weight excluding hydrogens is 252 g/mol. The lowest BCUT2D eigenvalue weighted by atomic mass is 10.1. The normalized spacial score (nSPS) is 18.7. The van der Waals surface area contributed by atoms with Gasteiger partial charge < -0.3 is 5.32 Å². The van der Waals surface area contributed by atoms with E-state index in [2.05, 4.69) is 18.3 Å². The molecule has 1 fully saturated rings. The highest BCUT2D eigenvalue weighted by atomic mass is 16.2. The highest BCUT2D eigenvalue weighted by molar-refractivity contribution is 6.06. The quantitative estimate of drug-likeness (QED) is 0.811. The second-order valence-electron chi connectivity index (χ2n) is 5.19. The Kier molecular flexibility index (Phi) is 4.77. The minimum atomic E-state index is -0.410. The molecule has 1 saturated heterocycles. The molecule has 1 N–H and O–H groups in total. The molecule has 0 aliphatic carbocycles. The maximum atomic E-state index is 12.2. The van der Waals surface area contributed by atoms with Gasteiger partial charge in [-0.05, 0) is 24.5 Å². The van der Waals surface area contributed by atoms with Crippen LogP contribution in [0.4, 0.5) is 5.69 Å². The Hall–Kier alpha value is -1.84. The van der Waals surface area contributed by atoms with Crippen molar-refractivity contribution in [1.82, 2.24) is 4.90 Å². The molecule has 4 heteroatoms. The molecule has 2 amide bonds. The van der Waals surface area contributed by atoms with Crippen LogP contribution in [0.3, 0.4) is 0 Å². The molecule has 108 valence electrons. The Morgan fingerprint density at radius 1 is 1.20 bits per heavy atom. The average Bonchev–Trinajstić information content (AvgIpc) is 2.69. The van der Waals surface area contributed by atoms with Crippen molar-refractivity contribution in [3.05, 3.63) is 29.8 Å². The molecule has 1 atom stereocenters. The van der Waals surface area contributed by atoms with Gasteiger partial charge in [0.05, 0.1) is 6.42 Å². The molecular formula is C16H22N2O2. The Labute approximate surface area is 120 Å². The SMILES string of the molecule is CCCc1ccccc1NC1CC(=O)N(CCC)C1=O. The molecule has 1 unspecified atom stereocenters. The van der Waals surface area contributed by atoms with Crippen LogP contribution in [-0.4, -0.2) is 29.3 Å². The molecule has 2 rings (SSSR count). The third-order valence-electron chi connectivity index (χ3n) is 3.56. The van der Waals surface area contributed by atoms with Crippen LogP contribution < -0.4 is 5.32 Å². The Balaban J connectivity index is 2.11. The number of nitrogens with zero attached hydrogens (tertiary/aromatic N) is 1. The maximum absolute atomic E-state index is 12.2. The Bertz CT molecular complexity index is 499. The first-order chi connectivity index (χ1) is 9.67. The number of nitrogens with one attached hydrogen (secondary N) is 1. The van der Waals surface area contributed by atoms with E-state index < -0.39 is 6.04 Å². The van der Waals surface area contributed by atoms with Gasteiger partial charge in [0.2, 0.25) is 5.91 Å². The van der Waals surface area contributed by atoms with E-state index in [1.807, 2.05) is 25.1 Å². The van der Waals surface area contributed by atoms with Crippen molar-refractivity contribution >= 4 is 17.5 Å². The zero-order valence-corrected chi connectivity index (χ0v) is 12.2. The first-order valence-corrected chi connectivity index (χ1v) is 7.36. The van der Waals surface area contributed by atoms with Crippen LogP contribution >= 0.6 is 0 Å². The van der Waals surface area contributed by atoms with Gasteiger partial charge in [-0.3, -0.25) is 14.5 Å².